The lowest BCUT2D eigenvalue weighted by Crippen LogP contribution is -2.46. The molecule has 0 unspecified atom stereocenters. The van der Waals surface area contributed by atoms with Crippen LogP contribution < -0.4 is 15.4 Å². The van der Waals surface area contributed by atoms with E-state index in [9.17, 15) is 0 Å². The van der Waals surface area contributed by atoms with Crippen LogP contribution in [0, 0.1) is 0 Å². The number of methoxy groups -OCH3 is 1. The molecule has 1 aromatic heterocycles. The number of nitrogens with zero attached hydrogens (tertiary/aromatic N) is 3. The fourth-order valence-corrected chi connectivity index (χ4v) is 3.96. The first-order valence-corrected chi connectivity index (χ1v) is 9.73. The van der Waals surface area contributed by atoms with Gasteiger partial charge in [0, 0.05) is 32.3 Å². The van der Waals surface area contributed by atoms with Gasteiger partial charge in [0.25, 0.3) is 0 Å². The molecule has 1 aliphatic carbocycles. The molecule has 0 atom stereocenters. The van der Waals surface area contributed by atoms with E-state index in [4.69, 9.17) is 4.74 Å². The van der Waals surface area contributed by atoms with Gasteiger partial charge in [-0.25, -0.2) is 0 Å². The maximum Gasteiger partial charge on any atom is 0.191 e. The lowest BCUT2D eigenvalue weighted by Gasteiger charge is -2.38. The number of aliphatic imine (C=N–C) groups is 1. The number of rotatable bonds is 6. The minimum absolute atomic E-state index is 0. The van der Waals surface area contributed by atoms with Gasteiger partial charge in [0.15, 0.2) is 5.96 Å². The topological polar surface area (TPSA) is 63.5 Å². The summed E-state index contributed by atoms with van der Waals surface area (Å²) < 4.78 is 7.21. The highest BCUT2D eigenvalue weighted by Crippen LogP contribution is 2.39. The summed E-state index contributed by atoms with van der Waals surface area (Å²) in [6, 6.07) is 10.6. The smallest absolute Gasteiger partial charge is 0.191 e. The van der Waals surface area contributed by atoms with E-state index in [1.54, 1.807) is 7.11 Å². The van der Waals surface area contributed by atoms with E-state index in [0.29, 0.717) is 6.54 Å². The van der Waals surface area contributed by atoms with Crippen molar-refractivity contribution in [2.75, 3.05) is 20.7 Å². The van der Waals surface area contributed by atoms with Gasteiger partial charge in [-0.2, -0.15) is 5.10 Å². The molecule has 0 bridgehead atoms. The van der Waals surface area contributed by atoms with Crippen LogP contribution in [0.25, 0.3) is 0 Å². The Morgan fingerprint density at radius 2 is 1.86 bits per heavy atom. The molecule has 1 saturated carbocycles. The third-order valence-corrected chi connectivity index (χ3v) is 5.69. The van der Waals surface area contributed by atoms with Crippen molar-refractivity contribution in [2.24, 2.45) is 12.0 Å². The lowest BCUT2D eigenvalue weighted by atomic mass is 9.69. The average Bonchev–Trinajstić information content (AvgIpc) is 3.13. The average molecular weight is 497 g/mol. The summed E-state index contributed by atoms with van der Waals surface area (Å²) >= 11 is 0. The van der Waals surface area contributed by atoms with E-state index in [2.05, 4.69) is 45.0 Å². The standard InChI is InChI=1S/C21H31N5O.HI/c1-22-20(23-15-18-11-14-25-26(18)2)24-16-21(12-5-4-6-13-21)17-7-9-19(27-3)10-8-17;/h7-11,14H,4-6,12-13,15-16H2,1-3H3,(H2,22,23,24);1H. The number of hydrogen-bond donors (Lipinski definition) is 2. The van der Waals surface area contributed by atoms with Crippen molar-refractivity contribution in [2.45, 2.75) is 44.1 Å². The van der Waals surface area contributed by atoms with Crippen LogP contribution in [0.3, 0.4) is 0 Å². The third kappa shape index (κ3) is 5.40. The Hall–Kier alpha value is -1.77. The van der Waals surface area contributed by atoms with Gasteiger partial charge in [0.1, 0.15) is 5.75 Å². The number of nitrogens with one attached hydrogen (secondary N) is 2. The molecule has 1 aromatic carbocycles. The van der Waals surface area contributed by atoms with Crippen LogP contribution in [-0.4, -0.2) is 36.4 Å². The van der Waals surface area contributed by atoms with E-state index >= 15 is 0 Å². The Labute approximate surface area is 185 Å². The van der Waals surface area contributed by atoms with E-state index in [1.807, 2.05) is 31.0 Å². The van der Waals surface area contributed by atoms with Crippen molar-refractivity contribution >= 4 is 29.9 Å². The Balaban J connectivity index is 0.00000280. The molecule has 28 heavy (non-hydrogen) atoms. The molecule has 6 nitrogen and oxygen atoms in total. The van der Waals surface area contributed by atoms with Crippen LogP contribution in [0.4, 0.5) is 0 Å². The second-order valence-electron chi connectivity index (χ2n) is 7.29. The number of ether oxygens (including phenoxy) is 1. The Bertz CT molecular complexity index is 750. The molecule has 0 amide bonds. The van der Waals surface area contributed by atoms with Gasteiger partial charge < -0.3 is 15.4 Å². The summed E-state index contributed by atoms with van der Waals surface area (Å²) in [6.07, 6.45) is 8.08. The summed E-state index contributed by atoms with van der Waals surface area (Å²) in [6.45, 7) is 1.58. The third-order valence-electron chi connectivity index (χ3n) is 5.69. The van der Waals surface area contributed by atoms with Gasteiger partial charge in [-0.3, -0.25) is 9.67 Å². The SMILES string of the molecule is CN=C(NCc1ccnn1C)NCC1(c2ccc(OC)cc2)CCCCC1.I. The zero-order chi connectivity index (χ0) is 19.1. The van der Waals surface area contributed by atoms with E-state index in [-0.39, 0.29) is 29.4 Å². The van der Waals surface area contributed by atoms with Gasteiger partial charge in [-0.05, 0) is 36.6 Å². The van der Waals surface area contributed by atoms with Crippen molar-refractivity contribution in [3.8, 4) is 5.75 Å². The highest BCUT2D eigenvalue weighted by Gasteiger charge is 2.34. The molecule has 0 aliphatic heterocycles. The molecule has 3 rings (SSSR count). The molecule has 2 aromatic rings. The zero-order valence-electron chi connectivity index (χ0n) is 17.1. The minimum Gasteiger partial charge on any atom is -0.497 e. The molecule has 2 N–H and O–H groups in total. The second kappa shape index (κ2) is 10.7. The van der Waals surface area contributed by atoms with Crippen LogP contribution in [0.5, 0.6) is 5.75 Å². The number of aromatic nitrogens is 2. The molecule has 1 aliphatic rings. The van der Waals surface area contributed by atoms with Crippen molar-refractivity contribution in [3.63, 3.8) is 0 Å². The summed E-state index contributed by atoms with van der Waals surface area (Å²) in [4.78, 5) is 4.40. The molecular weight excluding hydrogens is 465 g/mol. The Morgan fingerprint density at radius 3 is 2.43 bits per heavy atom. The van der Waals surface area contributed by atoms with Crippen LogP contribution in [-0.2, 0) is 19.0 Å². The van der Waals surface area contributed by atoms with E-state index in [1.165, 1.54) is 37.7 Å². The quantitative estimate of drug-likeness (QED) is 0.364. The van der Waals surface area contributed by atoms with E-state index in [0.717, 1.165) is 23.9 Å². The van der Waals surface area contributed by atoms with Gasteiger partial charge in [-0.1, -0.05) is 31.4 Å². The Morgan fingerprint density at radius 1 is 1.14 bits per heavy atom. The van der Waals surface area contributed by atoms with Gasteiger partial charge in [0.2, 0.25) is 0 Å². The summed E-state index contributed by atoms with van der Waals surface area (Å²) in [5.41, 5.74) is 2.66. The normalized spacial score (nSPS) is 16.2. The maximum absolute atomic E-state index is 5.33. The fraction of sp³-hybridized carbons (Fsp3) is 0.524. The summed E-state index contributed by atoms with van der Waals surface area (Å²) in [5, 5.41) is 11.2. The molecule has 154 valence electrons. The predicted octanol–water partition coefficient (Wildman–Crippen LogP) is 3.61. The summed E-state index contributed by atoms with van der Waals surface area (Å²) in [5.74, 6) is 1.74. The Kier molecular flexibility index (Phi) is 8.59. The number of hydrogen-bond acceptors (Lipinski definition) is 3. The minimum atomic E-state index is 0. The van der Waals surface area contributed by atoms with Crippen LogP contribution in [0.1, 0.15) is 43.4 Å². The monoisotopic (exact) mass is 497 g/mol. The first-order chi connectivity index (χ1) is 13.2. The van der Waals surface area contributed by atoms with Crippen molar-refractivity contribution in [1.82, 2.24) is 20.4 Å². The molecular formula is C21H32IN5O. The van der Waals surface area contributed by atoms with Gasteiger partial charge in [-0.15, -0.1) is 24.0 Å². The number of halogens is 1. The van der Waals surface area contributed by atoms with Crippen molar-refractivity contribution in [1.29, 1.82) is 0 Å². The molecule has 0 spiro atoms. The first-order valence-electron chi connectivity index (χ1n) is 9.73. The van der Waals surface area contributed by atoms with E-state index < -0.39 is 0 Å². The number of guanidine groups is 1. The number of aryl methyl sites for hydroxylation is 1. The second-order valence-corrected chi connectivity index (χ2v) is 7.29. The maximum atomic E-state index is 5.33. The molecule has 0 radical (unpaired) electrons. The highest BCUT2D eigenvalue weighted by molar-refractivity contribution is 14.0. The number of benzene rings is 1. The van der Waals surface area contributed by atoms with Crippen molar-refractivity contribution < 1.29 is 4.74 Å². The zero-order valence-corrected chi connectivity index (χ0v) is 19.4. The fourth-order valence-electron chi connectivity index (χ4n) is 3.96. The lowest BCUT2D eigenvalue weighted by molar-refractivity contribution is 0.291. The molecule has 0 saturated heterocycles. The van der Waals surface area contributed by atoms with Gasteiger partial charge in [0.05, 0.1) is 19.3 Å². The molecule has 1 fully saturated rings. The van der Waals surface area contributed by atoms with Gasteiger partial charge >= 0.3 is 0 Å². The van der Waals surface area contributed by atoms with Crippen LogP contribution in [0.2, 0.25) is 0 Å². The van der Waals surface area contributed by atoms with Crippen LogP contribution in [0.15, 0.2) is 41.5 Å². The highest BCUT2D eigenvalue weighted by atomic mass is 127. The van der Waals surface area contributed by atoms with Crippen LogP contribution >= 0.6 is 24.0 Å². The molecule has 1 heterocycles. The summed E-state index contributed by atoms with van der Waals surface area (Å²) in [7, 11) is 5.48. The molecule has 7 heteroatoms. The predicted molar refractivity (Wildman–Crippen MR) is 125 cm³/mol. The largest absolute Gasteiger partial charge is 0.497 e. The first kappa shape index (κ1) is 22.5. The van der Waals surface area contributed by atoms with Crippen molar-refractivity contribution in [3.05, 3.63) is 47.8 Å².